The topological polar surface area (TPSA) is 59.0 Å². The number of likely N-dealkylation sites (N-methyl/N-ethyl adjacent to an activating group) is 1. The molecule has 0 aromatic carbocycles. The fourth-order valence-corrected chi connectivity index (χ4v) is 4.21. The van der Waals surface area contributed by atoms with Crippen molar-refractivity contribution in [1.82, 2.24) is 25.0 Å². The highest BCUT2D eigenvalue weighted by Gasteiger charge is 2.31. The summed E-state index contributed by atoms with van der Waals surface area (Å²) in [4.78, 5) is 17.0. The maximum atomic E-state index is 4.90. The molecule has 28 heavy (non-hydrogen) atoms. The number of amidine groups is 1. The summed E-state index contributed by atoms with van der Waals surface area (Å²) >= 11 is 0. The van der Waals surface area contributed by atoms with Gasteiger partial charge in [0, 0.05) is 45.5 Å². The Kier molecular flexibility index (Phi) is 4.78. The molecule has 0 spiro atoms. The molecule has 4 aliphatic heterocycles. The van der Waals surface area contributed by atoms with Crippen LogP contribution < -0.4 is 10.6 Å². The van der Waals surface area contributed by atoms with Gasteiger partial charge < -0.3 is 25.3 Å². The fourth-order valence-electron chi connectivity index (χ4n) is 4.21. The minimum absolute atomic E-state index is 0.174. The molecule has 0 radical (unpaired) electrons. The monoisotopic (exact) mass is 379 g/mol. The van der Waals surface area contributed by atoms with Crippen molar-refractivity contribution in [3.05, 3.63) is 47.9 Å². The first-order chi connectivity index (χ1) is 13.8. The quantitative estimate of drug-likeness (QED) is 0.804. The summed E-state index contributed by atoms with van der Waals surface area (Å²) in [6.07, 6.45) is 6.65. The summed E-state index contributed by atoms with van der Waals surface area (Å²) < 4.78 is 0. The van der Waals surface area contributed by atoms with Crippen molar-refractivity contribution in [2.45, 2.75) is 19.0 Å². The molecule has 2 saturated heterocycles. The second-order valence-electron chi connectivity index (χ2n) is 7.88. The molecule has 1 unspecified atom stereocenters. The van der Waals surface area contributed by atoms with Crippen molar-refractivity contribution in [2.24, 2.45) is 4.99 Å². The number of fused-ring (bicyclic) bond motifs is 1. The molecule has 0 aliphatic carbocycles. The molecule has 1 aromatic rings. The Morgan fingerprint density at radius 3 is 2.75 bits per heavy atom. The maximum Gasteiger partial charge on any atom is 0.128 e. The van der Waals surface area contributed by atoms with Gasteiger partial charge >= 0.3 is 0 Å². The first kappa shape index (κ1) is 17.7. The number of aromatic nitrogens is 1. The molecule has 7 heteroatoms. The lowest BCUT2D eigenvalue weighted by Crippen LogP contribution is -2.51. The molecule has 0 saturated carbocycles. The first-order valence-electron chi connectivity index (χ1n) is 10.4. The van der Waals surface area contributed by atoms with Crippen LogP contribution >= 0.6 is 0 Å². The maximum absolute atomic E-state index is 4.90. The van der Waals surface area contributed by atoms with Gasteiger partial charge in [0.05, 0.1) is 30.0 Å². The zero-order chi connectivity index (χ0) is 18.9. The van der Waals surface area contributed by atoms with Gasteiger partial charge in [0.2, 0.25) is 0 Å². The second-order valence-corrected chi connectivity index (χ2v) is 7.88. The van der Waals surface area contributed by atoms with Gasteiger partial charge in [0.15, 0.2) is 0 Å². The number of aliphatic imine (C=N–C) groups is 1. The van der Waals surface area contributed by atoms with Crippen LogP contribution in [0, 0.1) is 0 Å². The van der Waals surface area contributed by atoms with Gasteiger partial charge in [-0.3, -0.25) is 4.99 Å². The number of hydrogen-bond donors (Lipinski definition) is 2. The van der Waals surface area contributed by atoms with E-state index in [-0.39, 0.29) is 6.04 Å². The van der Waals surface area contributed by atoms with Crippen molar-refractivity contribution in [2.75, 3.05) is 57.7 Å². The van der Waals surface area contributed by atoms with E-state index in [4.69, 9.17) is 9.98 Å². The Bertz CT molecular complexity index is 803. The lowest BCUT2D eigenvalue weighted by molar-refractivity contribution is 0.166. The lowest BCUT2D eigenvalue weighted by Gasteiger charge is -2.38. The van der Waals surface area contributed by atoms with Crippen LogP contribution in [0.3, 0.4) is 0 Å². The minimum atomic E-state index is 0.174. The van der Waals surface area contributed by atoms with Crippen LogP contribution in [0.1, 0.15) is 18.7 Å². The molecule has 0 amide bonds. The first-order valence-corrected chi connectivity index (χ1v) is 10.4. The van der Waals surface area contributed by atoms with E-state index in [1.165, 1.54) is 5.70 Å². The van der Waals surface area contributed by atoms with E-state index in [9.17, 15) is 0 Å². The van der Waals surface area contributed by atoms with Crippen LogP contribution in [0.4, 0.5) is 5.82 Å². The zero-order valence-corrected chi connectivity index (χ0v) is 16.5. The number of nitrogens with zero attached hydrogens (tertiary/aromatic N) is 5. The van der Waals surface area contributed by atoms with E-state index >= 15 is 0 Å². The highest BCUT2D eigenvalue weighted by molar-refractivity contribution is 5.96. The SMILES string of the molecule is CCN1CCN(C2=CN3C(=NCC3c3cccc(NC4CNC4)n3)C=C2)CC1. The average molecular weight is 380 g/mol. The normalized spacial score (nSPS) is 25.2. The van der Waals surface area contributed by atoms with Crippen molar-refractivity contribution in [3.8, 4) is 0 Å². The Labute approximate surface area is 166 Å². The summed E-state index contributed by atoms with van der Waals surface area (Å²) in [6.45, 7) is 10.6. The van der Waals surface area contributed by atoms with Gasteiger partial charge in [-0.1, -0.05) is 13.0 Å². The molecule has 2 N–H and O–H groups in total. The zero-order valence-electron chi connectivity index (χ0n) is 16.5. The van der Waals surface area contributed by atoms with Gasteiger partial charge in [-0.2, -0.15) is 0 Å². The predicted molar refractivity (Wildman–Crippen MR) is 112 cm³/mol. The summed E-state index contributed by atoms with van der Waals surface area (Å²) in [7, 11) is 0. The summed E-state index contributed by atoms with van der Waals surface area (Å²) in [6, 6.07) is 6.95. The number of allylic oxidation sites excluding steroid dienone is 1. The van der Waals surface area contributed by atoms with E-state index in [2.05, 4.69) is 68.8 Å². The van der Waals surface area contributed by atoms with Crippen molar-refractivity contribution in [3.63, 3.8) is 0 Å². The Balaban J connectivity index is 1.32. The van der Waals surface area contributed by atoms with Gasteiger partial charge in [0.1, 0.15) is 11.7 Å². The van der Waals surface area contributed by atoms with Crippen LogP contribution in [-0.4, -0.2) is 83.9 Å². The van der Waals surface area contributed by atoms with E-state index < -0.39 is 0 Å². The Morgan fingerprint density at radius 2 is 2.00 bits per heavy atom. The fraction of sp³-hybridized carbons (Fsp3) is 0.524. The van der Waals surface area contributed by atoms with Crippen molar-refractivity contribution >= 4 is 11.7 Å². The molecule has 0 bridgehead atoms. The highest BCUT2D eigenvalue weighted by Crippen LogP contribution is 2.31. The molecule has 5 heterocycles. The smallest absolute Gasteiger partial charge is 0.128 e. The van der Waals surface area contributed by atoms with Crippen LogP contribution in [-0.2, 0) is 0 Å². The van der Waals surface area contributed by atoms with Crippen molar-refractivity contribution in [1.29, 1.82) is 0 Å². The van der Waals surface area contributed by atoms with E-state index in [0.717, 1.165) is 69.7 Å². The largest absolute Gasteiger partial charge is 0.368 e. The van der Waals surface area contributed by atoms with Crippen LogP contribution in [0.5, 0.6) is 0 Å². The van der Waals surface area contributed by atoms with Gasteiger partial charge in [-0.25, -0.2) is 4.98 Å². The molecule has 1 atom stereocenters. The van der Waals surface area contributed by atoms with Crippen LogP contribution in [0.25, 0.3) is 0 Å². The van der Waals surface area contributed by atoms with E-state index in [1.807, 2.05) is 0 Å². The Morgan fingerprint density at radius 1 is 1.14 bits per heavy atom. The van der Waals surface area contributed by atoms with Gasteiger partial charge in [-0.05, 0) is 30.8 Å². The number of hydrogen-bond acceptors (Lipinski definition) is 7. The summed E-state index contributed by atoms with van der Waals surface area (Å²) in [5.41, 5.74) is 2.37. The number of nitrogens with one attached hydrogen (secondary N) is 2. The number of anilines is 1. The molecular formula is C21H29N7. The third-order valence-electron chi connectivity index (χ3n) is 6.13. The summed E-state index contributed by atoms with van der Waals surface area (Å²) in [5.74, 6) is 2.01. The van der Waals surface area contributed by atoms with Crippen molar-refractivity contribution < 1.29 is 0 Å². The van der Waals surface area contributed by atoms with E-state index in [0.29, 0.717) is 6.04 Å². The third kappa shape index (κ3) is 3.40. The molecular weight excluding hydrogens is 350 g/mol. The van der Waals surface area contributed by atoms with Gasteiger partial charge in [0.25, 0.3) is 0 Å². The minimum Gasteiger partial charge on any atom is -0.368 e. The number of pyridine rings is 1. The van der Waals surface area contributed by atoms with Crippen LogP contribution in [0.15, 0.2) is 47.2 Å². The number of piperazine rings is 1. The highest BCUT2D eigenvalue weighted by atomic mass is 15.3. The molecule has 1 aromatic heterocycles. The van der Waals surface area contributed by atoms with Crippen LogP contribution in [0.2, 0.25) is 0 Å². The second kappa shape index (κ2) is 7.56. The summed E-state index contributed by atoms with van der Waals surface area (Å²) in [5, 5.41) is 6.80. The standard InChI is InChI=1S/C21H29N7/c1-2-26-8-10-27(11-9-26)17-6-7-21-23-14-19(28(21)15-17)18-4-3-5-20(25-18)24-16-12-22-13-16/h3-7,15-16,19,22H,2,8-14H2,1H3,(H,24,25). The van der Waals surface area contributed by atoms with Gasteiger partial charge in [-0.15, -0.1) is 0 Å². The molecule has 4 aliphatic rings. The molecule has 148 valence electrons. The third-order valence-corrected chi connectivity index (χ3v) is 6.13. The lowest BCUT2D eigenvalue weighted by atomic mass is 10.1. The molecule has 2 fully saturated rings. The predicted octanol–water partition coefficient (Wildman–Crippen LogP) is 1.27. The molecule has 7 nitrogen and oxygen atoms in total. The molecule has 5 rings (SSSR count). The van der Waals surface area contributed by atoms with E-state index in [1.54, 1.807) is 0 Å². The number of rotatable bonds is 5. The Hall–Kier alpha value is -2.38. The average Bonchev–Trinajstić information content (AvgIpc) is 3.14.